The molecule has 0 saturated carbocycles. The Morgan fingerprint density at radius 3 is 2.71 bits per heavy atom. The van der Waals surface area contributed by atoms with Gasteiger partial charge in [-0.15, -0.1) is 10.2 Å². The molecule has 0 spiro atoms. The number of nitrogens with zero attached hydrogens (tertiary/aromatic N) is 3. The van der Waals surface area contributed by atoms with Gasteiger partial charge in [0.25, 0.3) is 0 Å². The lowest BCUT2D eigenvalue weighted by molar-refractivity contribution is 0.0696. The zero-order chi connectivity index (χ0) is 15.6. The molecule has 0 aliphatic carbocycles. The number of aromatic nitrogens is 3. The van der Waals surface area contributed by atoms with Gasteiger partial charge in [0.2, 0.25) is 10.0 Å². The quantitative estimate of drug-likeness (QED) is 0.797. The summed E-state index contributed by atoms with van der Waals surface area (Å²) in [5.74, 6) is -0.677. The second-order valence-electron chi connectivity index (χ2n) is 4.13. The number of rotatable bonds is 5. The van der Waals surface area contributed by atoms with Crippen molar-refractivity contribution in [3.63, 3.8) is 0 Å². The van der Waals surface area contributed by atoms with Gasteiger partial charge in [-0.3, -0.25) is 0 Å². The van der Waals surface area contributed by atoms with E-state index in [1.165, 1.54) is 24.5 Å². The molecule has 8 nitrogen and oxygen atoms in total. The fourth-order valence-corrected chi connectivity index (χ4v) is 3.61. The van der Waals surface area contributed by atoms with Crippen LogP contribution in [0.1, 0.15) is 16.2 Å². The van der Waals surface area contributed by atoms with Gasteiger partial charge in [-0.2, -0.15) is 0 Å². The Labute approximate surface area is 129 Å². The van der Waals surface area contributed by atoms with Gasteiger partial charge in [0.05, 0.1) is 17.0 Å². The van der Waals surface area contributed by atoms with Crippen LogP contribution in [0.25, 0.3) is 0 Å². The number of aryl methyl sites for hydroxylation is 1. The zero-order valence-electron chi connectivity index (χ0n) is 10.8. The van der Waals surface area contributed by atoms with Crippen LogP contribution in [0.2, 0.25) is 0 Å². The van der Waals surface area contributed by atoms with Crippen LogP contribution in [0, 0.1) is 0 Å². The number of hydrogen-bond donors (Lipinski definition) is 2. The number of halogens is 1. The third kappa shape index (κ3) is 3.46. The smallest absolute Gasteiger partial charge is 0.335 e. The zero-order valence-corrected chi connectivity index (χ0v) is 13.2. The van der Waals surface area contributed by atoms with Gasteiger partial charge in [-0.1, -0.05) is 0 Å². The van der Waals surface area contributed by atoms with E-state index in [1.807, 2.05) is 0 Å². The van der Waals surface area contributed by atoms with Crippen molar-refractivity contribution in [1.29, 1.82) is 0 Å². The third-order valence-corrected chi connectivity index (χ3v) is 5.07. The molecule has 0 saturated heterocycles. The van der Waals surface area contributed by atoms with E-state index in [2.05, 4.69) is 30.8 Å². The van der Waals surface area contributed by atoms with Crippen molar-refractivity contribution in [2.75, 3.05) is 0 Å². The van der Waals surface area contributed by atoms with E-state index in [-0.39, 0.29) is 21.5 Å². The molecule has 0 aliphatic heterocycles. The van der Waals surface area contributed by atoms with Gasteiger partial charge >= 0.3 is 5.97 Å². The highest BCUT2D eigenvalue weighted by molar-refractivity contribution is 9.10. The predicted octanol–water partition coefficient (Wildman–Crippen LogP) is 0.754. The van der Waals surface area contributed by atoms with Gasteiger partial charge in [0.15, 0.2) is 0 Å². The lowest BCUT2D eigenvalue weighted by Gasteiger charge is -2.08. The Balaban J connectivity index is 2.23. The molecule has 1 aromatic carbocycles. The van der Waals surface area contributed by atoms with E-state index in [0.29, 0.717) is 5.82 Å². The van der Waals surface area contributed by atoms with Crippen LogP contribution < -0.4 is 4.72 Å². The Morgan fingerprint density at radius 1 is 1.48 bits per heavy atom. The molecule has 21 heavy (non-hydrogen) atoms. The molecule has 0 amide bonds. The summed E-state index contributed by atoms with van der Waals surface area (Å²) in [5, 5.41) is 16.3. The van der Waals surface area contributed by atoms with Gasteiger partial charge in [-0.25, -0.2) is 17.9 Å². The first-order valence-corrected chi connectivity index (χ1v) is 7.94. The maximum absolute atomic E-state index is 12.2. The minimum atomic E-state index is -3.80. The molecule has 0 bridgehead atoms. The second kappa shape index (κ2) is 5.92. The lowest BCUT2D eigenvalue weighted by atomic mass is 10.2. The summed E-state index contributed by atoms with van der Waals surface area (Å²) in [7, 11) is -2.10. The van der Waals surface area contributed by atoms with Crippen molar-refractivity contribution in [3.05, 3.63) is 40.4 Å². The average molecular weight is 375 g/mol. The van der Waals surface area contributed by atoms with Crippen LogP contribution in [-0.4, -0.2) is 34.3 Å². The summed E-state index contributed by atoms with van der Waals surface area (Å²) in [6.45, 7) is -0.0219. The first-order valence-electron chi connectivity index (χ1n) is 5.66. The first kappa shape index (κ1) is 15.6. The largest absolute Gasteiger partial charge is 0.478 e. The molecule has 1 heterocycles. The summed E-state index contributed by atoms with van der Waals surface area (Å²) in [6.07, 6.45) is 1.46. The molecule has 2 aromatic rings. The number of nitrogens with one attached hydrogen (secondary N) is 1. The van der Waals surface area contributed by atoms with Crippen molar-refractivity contribution in [2.24, 2.45) is 7.05 Å². The molecule has 0 fully saturated rings. The Kier molecular flexibility index (Phi) is 4.40. The normalized spacial score (nSPS) is 11.5. The lowest BCUT2D eigenvalue weighted by Crippen LogP contribution is -2.25. The fraction of sp³-hybridized carbons (Fsp3) is 0.182. The number of carboxylic acid groups (broad SMARTS) is 1. The van der Waals surface area contributed by atoms with Crippen molar-refractivity contribution in [1.82, 2.24) is 19.5 Å². The number of sulfonamides is 1. The van der Waals surface area contributed by atoms with E-state index in [0.717, 1.165) is 0 Å². The van der Waals surface area contributed by atoms with E-state index in [9.17, 15) is 13.2 Å². The summed E-state index contributed by atoms with van der Waals surface area (Å²) >= 11 is 3.07. The van der Waals surface area contributed by atoms with Gasteiger partial charge in [-0.05, 0) is 34.1 Å². The van der Waals surface area contributed by atoms with Crippen molar-refractivity contribution in [2.45, 2.75) is 11.4 Å². The molecule has 0 radical (unpaired) electrons. The van der Waals surface area contributed by atoms with Crippen molar-refractivity contribution >= 4 is 31.9 Å². The monoisotopic (exact) mass is 374 g/mol. The van der Waals surface area contributed by atoms with E-state index >= 15 is 0 Å². The van der Waals surface area contributed by atoms with Crippen LogP contribution in [0.15, 0.2) is 33.9 Å². The number of hydrogen-bond acceptors (Lipinski definition) is 5. The Bertz CT molecular complexity index is 787. The van der Waals surface area contributed by atoms with E-state index in [1.54, 1.807) is 11.6 Å². The maximum Gasteiger partial charge on any atom is 0.335 e. The van der Waals surface area contributed by atoms with Crippen LogP contribution in [-0.2, 0) is 23.6 Å². The van der Waals surface area contributed by atoms with Crippen LogP contribution in [0.3, 0.4) is 0 Å². The average Bonchev–Trinajstić information content (AvgIpc) is 2.81. The molecular formula is C11H11BrN4O4S. The summed E-state index contributed by atoms with van der Waals surface area (Å²) in [4.78, 5) is 10.8. The minimum absolute atomic E-state index is 0.00544. The Morgan fingerprint density at radius 2 is 2.19 bits per heavy atom. The highest BCUT2D eigenvalue weighted by Crippen LogP contribution is 2.23. The molecule has 0 atom stereocenters. The number of aromatic carboxylic acids is 1. The third-order valence-electron chi connectivity index (χ3n) is 2.69. The van der Waals surface area contributed by atoms with Crippen LogP contribution in [0.4, 0.5) is 0 Å². The van der Waals surface area contributed by atoms with Crippen molar-refractivity contribution in [3.8, 4) is 0 Å². The van der Waals surface area contributed by atoms with E-state index in [4.69, 9.17) is 5.11 Å². The molecule has 1 aromatic heterocycles. The molecule has 10 heteroatoms. The topological polar surface area (TPSA) is 114 Å². The van der Waals surface area contributed by atoms with Crippen LogP contribution >= 0.6 is 15.9 Å². The second-order valence-corrected chi connectivity index (χ2v) is 6.72. The summed E-state index contributed by atoms with van der Waals surface area (Å²) < 4.78 is 28.5. The fourth-order valence-electron chi connectivity index (χ4n) is 1.56. The molecule has 2 N–H and O–H groups in total. The molecule has 0 unspecified atom stereocenters. The molecule has 112 valence electrons. The standard InChI is InChI=1S/C11H11BrN4O4S/c1-16-6-13-15-10(16)5-14-21(19,20)9-3-2-7(11(17)18)4-8(9)12/h2-4,6,14H,5H2,1H3,(H,17,18). The number of carboxylic acids is 1. The van der Waals surface area contributed by atoms with Crippen LogP contribution in [0.5, 0.6) is 0 Å². The SMILES string of the molecule is Cn1cnnc1CNS(=O)(=O)c1ccc(C(=O)O)cc1Br. The first-order chi connectivity index (χ1) is 9.81. The maximum atomic E-state index is 12.2. The van der Waals surface area contributed by atoms with Gasteiger partial charge in [0, 0.05) is 11.5 Å². The molecule has 0 aliphatic rings. The number of benzene rings is 1. The summed E-state index contributed by atoms with van der Waals surface area (Å²) in [6, 6.07) is 3.69. The van der Waals surface area contributed by atoms with Gasteiger partial charge < -0.3 is 9.67 Å². The predicted molar refractivity (Wildman–Crippen MR) is 76.1 cm³/mol. The molecular weight excluding hydrogens is 364 g/mol. The summed E-state index contributed by atoms with van der Waals surface area (Å²) in [5.41, 5.74) is -0.00544. The van der Waals surface area contributed by atoms with Crippen molar-refractivity contribution < 1.29 is 18.3 Å². The highest BCUT2D eigenvalue weighted by Gasteiger charge is 2.19. The van der Waals surface area contributed by atoms with E-state index < -0.39 is 16.0 Å². The highest BCUT2D eigenvalue weighted by atomic mass is 79.9. The Hall–Kier alpha value is -1.78. The minimum Gasteiger partial charge on any atom is -0.478 e. The molecule has 2 rings (SSSR count). The number of carbonyl (C=O) groups is 1. The van der Waals surface area contributed by atoms with Gasteiger partial charge in [0.1, 0.15) is 12.2 Å².